The topological polar surface area (TPSA) is 70.5 Å². The van der Waals surface area contributed by atoms with Gasteiger partial charge in [0, 0.05) is 55.3 Å². The quantitative estimate of drug-likeness (QED) is 0.549. The molecule has 1 saturated carbocycles. The Kier molecular flexibility index (Phi) is 5.36. The zero-order valence-corrected chi connectivity index (χ0v) is 20.8. The van der Waals surface area contributed by atoms with Crippen LogP contribution in [-0.2, 0) is 0 Å². The predicted molar refractivity (Wildman–Crippen MR) is 142 cm³/mol. The lowest BCUT2D eigenvalue weighted by atomic mass is 9.89. The number of benzene rings is 2. The summed E-state index contributed by atoms with van der Waals surface area (Å²) in [5, 5.41) is 0. The van der Waals surface area contributed by atoms with Gasteiger partial charge in [0.05, 0.1) is 0 Å². The first-order chi connectivity index (χ1) is 17.7. The van der Waals surface area contributed by atoms with E-state index in [0.29, 0.717) is 11.9 Å². The molecule has 1 aliphatic carbocycles. The number of aromatic nitrogens is 2. The fourth-order valence-electron chi connectivity index (χ4n) is 7.04. The number of likely N-dealkylation sites (tertiary alicyclic amines) is 1. The van der Waals surface area contributed by atoms with E-state index in [1.54, 1.807) is 6.33 Å². The van der Waals surface area contributed by atoms with E-state index >= 15 is 0 Å². The standard InChI is InChI=1S/C29H34N6O/c1-33-16-25-26(17-33)35(25)21-11-9-20(10-12-21)34-15-24(27-28(30)31-18-32-29(27)34)19-7-13-23(14-8-19)36-22-5-3-2-4-6-22/h2-8,13-14,18,20-21,24-26H,9-12,15-17H2,1H3,(H2,30,31,32)/t20?,21?,24-,25+,26?,35?/m0/s1. The highest BCUT2D eigenvalue weighted by molar-refractivity contribution is 5.66. The Morgan fingerprint density at radius 3 is 2.19 bits per heavy atom. The van der Waals surface area contributed by atoms with Gasteiger partial charge in [-0.05, 0) is 62.6 Å². The summed E-state index contributed by atoms with van der Waals surface area (Å²) in [5.41, 5.74) is 8.76. The predicted octanol–water partition coefficient (Wildman–Crippen LogP) is 4.11. The van der Waals surface area contributed by atoms with Crippen LogP contribution in [0, 0.1) is 0 Å². The zero-order chi connectivity index (χ0) is 24.2. The molecule has 2 saturated heterocycles. The number of para-hydroxylation sites is 1. The first-order valence-corrected chi connectivity index (χ1v) is 13.3. The number of nitrogens with zero attached hydrogens (tertiary/aromatic N) is 5. The minimum atomic E-state index is 0.173. The van der Waals surface area contributed by atoms with E-state index in [0.717, 1.165) is 47.6 Å². The Morgan fingerprint density at radius 1 is 0.806 bits per heavy atom. The van der Waals surface area contributed by atoms with E-state index in [1.807, 2.05) is 42.5 Å². The van der Waals surface area contributed by atoms with Crippen LogP contribution < -0.4 is 15.4 Å². The molecule has 0 amide bonds. The van der Waals surface area contributed by atoms with Gasteiger partial charge in [-0.2, -0.15) is 0 Å². The monoisotopic (exact) mass is 482 g/mol. The number of anilines is 2. The van der Waals surface area contributed by atoms with Crippen molar-refractivity contribution in [1.82, 2.24) is 19.8 Å². The molecule has 0 spiro atoms. The summed E-state index contributed by atoms with van der Waals surface area (Å²) in [6.07, 6.45) is 6.63. The van der Waals surface area contributed by atoms with Gasteiger partial charge in [0.1, 0.15) is 29.5 Å². The molecule has 4 atom stereocenters. The molecule has 1 aromatic heterocycles. The van der Waals surface area contributed by atoms with Crippen LogP contribution in [0.5, 0.6) is 11.5 Å². The van der Waals surface area contributed by atoms with Gasteiger partial charge in [0.2, 0.25) is 0 Å². The number of hydrogen-bond acceptors (Lipinski definition) is 7. The Morgan fingerprint density at radius 2 is 1.47 bits per heavy atom. The van der Waals surface area contributed by atoms with Crippen LogP contribution in [0.1, 0.15) is 42.7 Å². The summed E-state index contributed by atoms with van der Waals surface area (Å²) in [7, 11) is 2.25. The SMILES string of the molecule is CN1CC2[C@@H](C1)N2C1CCC(N2C[C@@H](c3ccc(Oc4ccccc4)cc3)c3c(N)ncnc32)CC1. The number of piperazine rings is 1. The number of likely N-dealkylation sites (N-methyl/N-ethyl adjacent to an activating group) is 1. The number of hydrogen-bond donors (Lipinski definition) is 1. The second kappa shape index (κ2) is 8.75. The fraction of sp³-hybridized carbons (Fsp3) is 0.448. The van der Waals surface area contributed by atoms with Gasteiger partial charge in [-0.1, -0.05) is 30.3 Å². The molecule has 4 heterocycles. The zero-order valence-electron chi connectivity index (χ0n) is 20.8. The highest BCUT2D eigenvalue weighted by Gasteiger charge is 2.55. The van der Waals surface area contributed by atoms with Crippen LogP contribution in [0.2, 0.25) is 0 Å². The molecule has 3 aromatic rings. The van der Waals surface area contributed by atoms with Crippen molar-refractivity contribution in [2.24, 2.45) is 0 Å². The summed E-state index contributed by atoms with van der Waals surface area (Å²) >= 11 is 0. The number of rotatable bonds is 5. The normalized spacial score (nSPS) is 31.2. The summed E-state index contributed by atoms with van der Waals surface area (Å²) in [6, 6.07) is 21.2. The molecule has 0 bridgehead atoms. The summed E-state index contributed by atoms with van der Waals surface area (Å²) in [5.74, 6) is 3.49. The fourth-order valence-corrected chi connectivity index (χ4v) is 7.04. The van der Waals surface area contributed by atoms with Crippen molar-refractivity contribution < 1.29 is 4.74 Å². The van der Waals surface area contributed by atoms with Crippen LogP contribution in [0.4, 0.5) is 11.6 Å². The van der Waals surface area contributed by atoms with Gasteiger partial charge < -0.3 is 20.3 Å². The number of ether oxygens (including phenoxy) is 1. The Bertz CT molecular complexity index is 1210. The second-order valence-corrected chi connectivity index (χ2v) is 11.0. The minimum Gasteiger partial charge on any atom is -0.457 e. The van der Waals surface area contributed by atoms with E-state index < -0.39 is 0 Å². The molecule has 186 valence electrons. The van der Waals surface area contributed by atoms with E-state index in [9.17, 15) is 0 Å². The number of nitrogens with two attached hydrogens (primary N) is 1. The molecular formula is C29H34N6O. The van der Waals surface area contributed by atoms with Crippen LogP contribution in [0.25, 0.3) is 0 Å². The van der Waals surface area contributed by atoms with Crippen LogP contribution in [0.15, 0.2) is 60.9 Å². The van der Waals surface area contributed by atoms with Gasteiger partial charge in [-0.25, -0.2) is 9.97 Å². The largest absolute Gasteiger partial charge is 0.457 e. The van der Waals surface area contributed by atoms with Gasteiger partial charge in [-0.15, -0.1) is 0 Å². The van der Waals surface area contributed by atoms with Gasteiger partial charge >= 0.3 is 0 Å². The van der Waals surface area contributed by atoms with Crippen molar-refractivity contribution in [1.29, 1.82) is 0 Å². The molecule has 4 aliphatic rings. The maximum Gasteiger partial charge on any atom is 0.138 e. The number of nitrogen functional groups attached to an aromatic ring is 1. The van der Waals surface area contributed by atoms with E-state index in [2.05, 4.69) is 38.9 Å². The minimum absolute atomic E-state index is 0.173. The van der Waals surface area contributed by atoms with Gasteiger partial charge in [-0.3, -0.25) is 4.90 Å². The first kappa shape index (κ1) is 22.1. The lowest BCUT2D eigenvalue weighted by molar-refractivity contribution is 0.205. The Labute approximate surface area is 212 Å². The molecule has 2 N–H and O–H groups in total. The van der Waals surface area contributed by atoms with Crippen molar-refractivity contribution in [3.05, 3.63) is 72.1 Å². The Balaban J connectivity index is 1.06. The number of fused-ring (bicyclic) bond motifs is 2. The second-order valence-electron chi connectivity index (χ2n) is 11.0. The van der Waals surface area contributed by atoms with E-state index in [1.165, 1.54) is 44.3 Å². The van der Waals surface area contributed by atoms with Crippen LogP contribution in [0.3, 0.4) is 0 Å². The molecule has 7 rings (SSSR count). The lowest BCUT2D eigenvalue weighted by Gasteiger charge is -2.37. The van der Waals surface area contributed by atoms with Crippen molar-refractivity contribution in [3.8, 4) is 11.5 Å². The van der Waals surface area contributed by atoms with Crippen molar-refractivity contribution in [2.75, 3.05) is 37.3 Å². The van der Waals surface area contributed by atoms with Crippen molar-refractivity contribution >= 4 is 11.6 Å². The average Bonchev–Trinajstić information content (AvgIpc) is 3.22. The molecule has 7 heteroatoms. The molecule has 36 heavy (non-hydrogen) atoms. The molecule has 2 aromatic carbocycles. The molecule has 7 nitrogen and oxygen atoms in total. The van der Waals surface area contributed by atoms with Crippen molar-refractivity contribution in [3.63, 3.8) is 0 Å². The molecule has 2 unspecified atom stereocenters. The van der Waals surface area contributed by atoms with E-state index in [4.69, 9.17) is 15.5 Å². The highest BCUT2D eigenvalue weighted by atomic mass is 16.5. The average molecular weight is 483 g/mol. The maximum atomic E-state index is 6.44. The molecule has 3 fully saturated rings. The third-order valence-electron chi connectivity index (χ3n) is 8.80. The lowest BCUT2D eigenvalue weighted by Crippen LogP contribution is -2.42. The summed E-state index contributed by atoms with van der Waals surface area (Å²) < 4.78 is 6.01. The summed E-state index contributed by atoms with van der Waals surface area (Å²) in [6.45, 7) is 3.40. The van der Waals surface area contributed by atoms with E-state index in [-0.39, 0.29) is 5.92 Å². The van der Waals surface area contributed by atoms with Crippen LogP contribution in [-0.4, -0.2) is 70.6 Å². The van der Waals surface area contributed by atoms with Crippen LogP contribution >= 0.6 is 0 Å². The third kappa shape index (κ3) is 3.82. The van der Waals surface area contributed by atoms with Gasteiger partial charge in [0.25, 0.3) is 0 Å². The summed E-state index contributed by atoms with van der Waals surface area (Å²) in [4.78, 5) is 16.9. The van der Waals surface area contributed by atoms with Crippen molar-refractivity contribution in [2.45, 2.75) is 55.8 Å². The smallest absolute Gasteiger partial charge is 0.138 e. The highest BCUT2D eigenvalue weighted by Crippen LogP contribution is 2.46. The molecule has 0 radical (unpaired) electrons. The molecular weight excluding hydrogens is 448 g/mol. The van der Waals surface area contributed by atoms with Gasteiger partial charge in [0.15, 0.2) is 0 Å². The Hall–Kier alpha value is -3.16. The third-order valence-corrected chi connectivity index (χ3v) is 8.80. The molecule has 3 aliphatic heterocycles. The maximum absolute atomic E-state index is 6.44. The first-order valence-electron chi connectivity index (χ1n) is 13.3.